The van der Waals surface area contributed by atoms with Gasteiger partial charge in [0.15, 0.2) is 11.6 Å². The smallest absolute Gasteiger partial charge is 0.416 e. The summed E-state index contributed by atoms with van der Waals surface area (Å²) >= 11 is 0. The van der Waals surface area contributed by atoms with Crippen LogP contribution in [0.5, 0.6) is 0 Å². The van der Waals surface area contributed by atoms with E-state index in [1.807, 2.05) is 70.1 Å². The van der Waals surface area contributed by atoms with Gasteiger partial charge in [0.25, 0.3) is 0 Å². The monoisotopic (exact) mass is 398 g/mol. The van der Waals surface area contributed by atoms with Crippen molar-refractivity contribution in [1.29, 1.82) is 0 Å². The molecule has 0 atom stereocenters. The van der Waals surface area contributed by atoms with Gasteiger partial charge in [0.05, 0.1) is 0 Å². The minimum atomic E-state index is -0.581. The first-order valence-corrected chi connectivity index (χ1v) is 9.79. The number of rotatable bonds is 5. The summed E-state index contributed by atoms with van der Waals surface area (Å²) in [7, 11) is 3.92. The fraction of sp³-hybridized carbons (Fsp3) is 0.476. The van der Waals surface area contributed by atoms with Gasteiger partial charge in [-0.25, -0.2) is 4.79 Å². The van der Waals surface area contributed by atoms with E-state index in [4.69, 9.17) is 10.5 Å². The van der Waals surface area contributed by atoms with Crippen LogP contribution < -0.4 is 15.5 Å². The number of likely N-dealkylation sites (N-methyl/N-ethyl adjacent to an activating group) is 1. The second-order valence-electron chi connectivity index (χ2n) is 8.47. The van der Waals surface area contributed by atoms with Gasteiger partial charge in [-0.2, -0.15) is 0 Å². The molecule has 0 bridgehead atoms. The van der Waals surface area contributed by atoms with E-state index in [-0.39, 0.29) is 0 Å². The molecule has 156 valence electrons. The molecular formula is C21H30N6O2. The molecule has 0 spiro atoms. The molecule has 0 saturated carbocycles. The first-order chi connectivity index (χ1) is 13.6. The summed E-state index contributed by atoms with van der Waals surface area (Å²) in [5, 5.41) is 8.72. The lowest BCUT2D eigenvalue weighted by Crippen LogP contribution is -2.41. The Balaban J connectivity index is 1.81. The van der Waals surface area contributed by atoms with Gasteiger partial charge in [0, 0.05) is 31.0 Å². The molecule has 2 heterocycles. The Morgan fingerprint density at radius 1 is 1.17 bits per heavy atom. The molecule has 8 heteroatoms. The van der Waals surface area contributed by atoms with Gasteiger partial charge in [-0.3, -0.25) is 4.90 Å². The van der Waals surface area contributed by atoms with Crippen LogP contribution in [0.1, 0.15) is 26.3 Å². The number of amides is 1. The van der Waals surface area contributed by atoms with Crippen LogP contribution in [-0.4, -0.2) is 60.5 Å². The quantitative estimate of drug-likeness (QED) is 0.775. The number of nitrogens with zero attached hydrogens (tertiary/aromatic N) is 5. The fourth-order valence-electron chi connectivity index (χ4n) is 3.18. The van der Waals surface area contributed by atoms with Crippen molar-refractivity contribution in [2.45, 2.75) is 32.8 Å². The average Bonchev–Trinajstić information content (AvgIpc) is 3.03. The van der Waals surface area contributed by atoms with Crippen LogP contribution in [0.15, 0.2) is 30.3 Å². The summed E-state index contributed by atoms with van der Waals surface area (Å²) < 4.78 is 5.55. The lowest BCUT2D eigenvalue weighted by atomic mass is 10.1. The molecule has 0 radical (unpaired) electrons. The summed E-state index contributed by atoms with van der Waals surface area (Å²) in [5.41, 5.74) is 8.37. The van der Waals surface area contributed by atoms with E-state index < -0.39 is 11.7 Å². The zero-order valence-corrected chi connectivity index (χ0v) is 17.8. The largest absolute Gasteiger partial charge is 0.443 e. The van der Waals surface area contributed by atoms with Gasteiger partial charge < -0.3 is 20.3 Å². The maximum atomic E-state index is 12.7. The minimum Gasteiger partial charge on any atom is -0.443 e. The highest BCUT2D eigenvalue weighted by Crippen LogP contribution is 2.34. The summed E-state index contributed by atoms with van der Waals surface area (Å²) in [4.78, 5) is 18.4. The Morgan fingerprint density at radius 2 is 1.93 bits per heavy atom. The number of carbonyl (C=O) groups excluding carboxylic acids is 1. The lowest BCUT2D eigenvalue weighted by molar-refractivity contribution is 0.0577. The number of benzene rings is 1. The number of nitrogens with two attached hydrogens (primary N) is 1. The number of fused-ring (bicyclic) bond motifs is 1. The van der Waals surface area contributed by atoms with E-state index in [0.29, 0.717) is 18.9 Å². The number of hydrogen-bond donors (Lipinski definition) is 1. The van der Waals surface area contributed by atoms with Crippen LogP contribution in [-0.2, 0) is 11.2 Å². The number of nitrogen functional groups attached to an aromatic ring is 1. The predicted octanol–water partition coefficient (Wildman–Crippen LogP) is 3.06. The molecule has 8 nitrogen and oxygen atoms in total. The SMILES string of the molecule is CN(C)CCN(C(=O)OC(C)(C)C)c1ccc(N2CCc3cc(N)ccc32)nn1. The summed E-state index contributed by atoms with van der Waals surface area (Å²) in [5.74, 6) is 1.22. The van der Waals surface area contributed by atoms with Crippen molar-refractivity contribution in [1.82, 2.24) is 15.1 Å². The third-order valence-electron chi connectivity index (χ3n) is 4.57. The molecule has 2 N–H and O–H groups in total. The van der Waals surface area contributed by atoms with Crippen LogP contribution in [0.4, 0.5) is 27.8 Å². The highest BCUT2D eigenvalue weighted by molar-refractivity contribution is 5.86. The molecule has 1 aliphatic rings. The first-order valence-electron chi connectivity index (χ1n) is 9.79. The third kappa shape index (κ3) is 5.14. The maximum Gasteiger partial charge on any atom is 0.416 e. The molecule has 3 rings (SSSR count). The summed E-state index contributed by atoms with van der Waals surface area (Å²) in [6, 6.07) is 9.61. The molecule has 29 heavy (non-hydrogen) atoms. The number of anilines is 4. The molecule has 1 aliphatic heterocycles. The highest BCUT2D eigenvalue weighted by atomic mass is 16.6. The zero-order valence-electron chi connectivity index (χ0n) is 17.8. The van der Waals surface area contributed by atoms with E-state index in [2.05, 4.69) is 15.1 Å². The number of ether oxygens (including phenoxy) is 1. The molecule has 0 saturated heterocycles. The van der Waals surface area contributed by atoms with Crippen LogP contribution >= 0.6 is 0 Å². The van der Waals surface area contributed by atoms with Gasteiger partial charge in [-0.15, -0.1) is 10.2 Å². The van der Waals surface area contributed by atoms with Crippen LogP contribution in [0.3, 0.4) is 0 Å². The predicted molar refractivity (Wildman–Crippen MR) is 116 cm³/mol. The highest BCUT2D eigenvalue weighted by Gasteiger charge is 2.26. The van der Waals surface area contributed by atoms with Gasteiger partial charge >= 0.3 is 6.09 Å². The van der Waals surface area contributed by atoms with E-state index >= 15 is 0 Å². The molecule has 2 aromatic rings. The molecule has 1 amide bonds. The van der Waals surface area contributed by atoms with E-state index in [1.165, 1.54) is 10.5 Å². The van der Waals surface area contributed by atoms with Crippen molar-refractivity contribution >= 4 is 29.1 Å². The van der Waals surface area contributed by atoms with Crippen molar-refractivity contribution in [3.05, 3.63) is 35.9 Å². The van der Waals surface area contributed by atoms with Gasteiger partial charge in [-0.1, -0.05) is 0 Å². The topological polar surface area (TPSA) is 87.8 Å². The lowest BCUT2D eigenvalue weighted by Gasteiger charge is -2.27. The number of hydrogen-bond acceptors (Lipinski definition) is 7. The molecule has 0 fully saturated rings. The Kier molecular flexibility index (Phi) is 5.93. The third-order valence-corrected chi connectivity index (χ3v) is 4.57. The van der Waals surface area contributed by atoms with E-state index in [9.17, 15) is 4.79 Å². The second kappa shape index (κ2) is 8.24. The molecule has 0 unspecified atom stereocenters. The molecule has 1 aromatic heterocycles. The standard InChI is InChI=1S/C21H30N6O2/c1-21(2,3)29-20(28)27(13-12-25(4)5)19-9-8-18(23-24-19)26-11-10-15-14-16(22)6-7-17(15)26/h6-9,14H,10-13,22H2,1-5H3. The van der Waals surface area contributed by atoms with Gasteiger partial charge in [0.2, 0.25) is 0 Å². The summed E-state index contributed by atoms with van der Waals surface area (Å²) in [6.45, 7) is 7.51. The Bertz CT molecular complexity index is 860. The number of aromatic nitrogens is 2. The fourth-order valence-corrected chi connectivity index (χ4v) is 3.18. The maximum absolute atomic E-state index is 12.7. The van der Waals surface area contributed by atoms with E-state index in [1.54, 1.807) is 0 Å². The van der Waals surface area contributed by atoms with Crippen molar-refractivity contribution in [2.24, 2.45) is 0 Å². The Labute approximate surface area is 172 Å². The van der Waals surface area contributed by atoms with Crippen LogP contribution in [0.25, 0.3) is 0 Å². The second-order valence-corrected chi connectivity index (χ2v) is 8.47. The molecule has 0 aliphatic carbocycles. The number of carbonyl (C=O) groups is 1. The minimum absolute atomic E-state index is 0.427. The first kappa shape index (κ1) is 20.9. The van der Waals surface area contributed by atoms with Gasteiger partial charge in [0.1, 0.15) is 5.60 Å². The normalized spacial score (nSPS) is 13.5. The Hall–Kier alpha value is -2.87. The van der Waals surface area contributed by atoms with Crippen molar-refractivity contribution in [3.8, 4) is 0 Å². The van der Waals surface area contributed by atoms with Crippen molar-refractivity contribution in [2.75, 3.05) is 49.3 Å². The van der Waals surface area contributed by atoms with Crippen molar-refractivity contribution < 1.29 is 9.53 Å². The van der Waals surface area contributed by atoms with E-state index in [0.717, 1.165) is 30.2 Å². The van der Waals surface area contributed by atoms with Gasteiger partial charge in [-0.05, 0) is 77.2 Å². The van der Waals surface area contributed by atoms with Crippen LogP contribution in [0.2, 0.25) is 0 Å². The van der Waals surface area contributed by atoms with Crippen molar-refractivity contribution in [3.63, 3.8) is 0 Å². The average molecular weight is 399 g/mol. The molecular weight excluding hydrogens is 368 g/mol. The Morgan fingerprint density at radius 3 is 2.55 bits per heavy atom. The zero-order chi connectivity index (χ0) is 21.2. The van der Waals surface area contributed by atoms with Crippen LogP contribution in [0, 0.1) is 0 Å². The summed E-state index contributed by atoms with van der Waals surface area (Å²) in [6.07, 6.45) is 0.486. The molecule has 1 aromatic carbocycles.